The lowest BCUT2D eigenvalue weighted by Crippen LogP contribution is -2.26. The molecule has 2 aromatic carbocycles. The molecular weight excluding hydrogens is 465 g/mol. The normalized spacial score (nSPS) is 12.8. The maximum Gasteiger partial charge on any atom is 0.145 e. The lowest BCUT2D eigenvalue weighted by Gasteiger charge is -2.27. The summed E-state index contributed by atoms with van der Waals surface area (Å²) in [6.07, 6.45) is 1.20. The molecule has 0 amide bonds. The number of anilines is 1. The van der Waals surface area contributed by atoms with Crippen molar-refractivity contribution in [2.45, 2.75) is 45.5 Å². The van der Waals surface area contributed by atoms with Gasteiger partial charge in [-0.2, -0.15) is 4.40 Å². The first kappa shape index (κ1) is 26.3. The third-order valence-electron chi connectivity index (χ3n) is 5.33. The molecule has 0 aliphatic heterocycles. The average molecular weight is 498 g/mol. The van der Waals surface area contributed by atoms with Crippen LogP contribution in [0, 0.1) is 5.82 Å². The van der Waals surface area contributed by atoms with Gasteiger partial charge in [-0.1, -0.05) is 24.3 Å². The second kappa shape index (κ2) is 11.4. The Morgan fingerprint density at radius 2 is 1.46 bits per heavy atom. The summed E-state index contributed by atoms with van der Waals surface area (Å²) < 4.78 is 41.4. The van der Waals surface area contributed by atoms with E-state index >= 15 is 0 Å². The zero-order valence-electron chi connectivity index (χ0n) is 21.0. The van der Waals surface area contributed by atoms with Crippen LogP contribution in [0.15, 0.2) is 65.2 Å². The Kier molecular flexibility index (Phi) is 8.62. The Labute approximate surface area is 209 Å². The van der Waals surface area contributed by atoms with Crippen LogP contribution in [0.25, 0.3) is 0 Å². The zero-order chi connectivity index (χ0) is 25.6. The Morgan fingerprint density at radius 1 is 0.971 bits per heavy atom. The zero-order valence-corrected chi connectivity index (χ0v) is 21.9. The molecule has 35 heavy (non-hydrogen) atoms. The molecule has 0 bridgehead atoms. The van der Waals surface area contributed by atoms with E-state index in [4.69, 9.17) is 9.47 Å². The van der Waals surface area contributed by atoms with Crippen LogP contribution in [0.2, 0.25) is 0 Å². The number of aromatic nitrogens is 1. The van der Waals surface area contributed by atoms with Crippen LogP contribution in [0.1, 0.15) is 44.4 Å². The van der Waals surface area contributed by atoms with Crippen LogP contribution in [0.5, 0.6) is 11.5 Å². The Morgan fingerprint density at radius 3 is 1.89 bits per heavy atom. The van der Waals surface area contributed by atoms with Crippen LogP contribution in [0.4, 0.5) is 10.2 Å². The topological polar surface area (TPSA) is 64.0 Å². The number of rotatable bonds is 9. The van der Waals surface area contributed by atoms with Gasteiger partial charge in [0.1, 0.15) is 34.1 Å². The Bertz CT molecular complexity index is 1140. The van der Waals surface area contributed by atoms with Gasteiger partial charge in [-0.05, 0) is 69.2 Å². The van der Waals surface area contributed by atoms with Crippen molar-refractivity contribution in [2.24, 2.45) is 4.40 Å². The van der Waals surface area contributed by atoms with Crippen molar-refractivity contribution in [3.05, 3.63) is 83.3 Å². The standard InChI is InChI=1S/C27H32FN3O3S/c1-19(30-35(32)27(2,3)4)25-15-22(28)16-29-26(25)31(17-20-7-11-23(33-5)12-8-20)18-21-9-13-24(34-6)14-10-21/h7-16H,17-18H2,1-6H3/b30-19+/t35-/m0/s1. The lowest BCUT2D eigenvalue weighted by molar-refractivity contribution is 0.414. The molecule has 0 radical (unpaired) electrons. The SMILES string of the molecule is COc1ccc(CN(Cc2ccc(OC)cc2)c2ncc(F)cc2/C(C)=N/[S@@](=O)C(C)(C)C)cc1. The highest BCUT2D eigenvalue weighted by Gasteiger charge is 2.22. The highest BCUT2D eigenvalue weighted by molar-refractivity contribution is 7.85. The summed E-state index contributed by atoms with van der Waals surface area (Å²) in [6, 6.07) is 16.9. The molecule has 1 heterocycles. The van der Waals surface area contributed by atoms with Crippen molar-refractivity contribution in [3.63, 3.8) is 0 Å². The van der Waals surface area contributed by atoms with E-state index in [9.17, 15) is 8.60 Å². The number of nitrogens with zero attached hydrogens (tertiary/aromatic N) is 3. The predicted octanol–water partition coefficient (Wildman–Crippen LogP) is 5.72. The van der Waals surface area contributed by atoms with Crippen molar-refractivity contribution in [2.75, 3.05) is 19.1 Å². The van der Waals surface area contributed by atoms with Gasteiger partial charge in [-0.15, -0.1) is 0 Å². The largest absolute Gasteiger partial charge is 0.497 e. The van der Waals surface area contributed by atoms with E-state index in [0.29, 0.717) is 30.2 Å². The number of ether oxygens (including phenoxy) is 2. The maximum absolute atomic E-state index is 14.3. The first-order valence-electron chi connectivity index (χ1n) is 11.2. The summed E-state index contributed by atoms with van der Waals surface area (Å²) in [5, 5.41) is 0. The van der Waals surface area contributed by atoms with E-state index in [1.165, 1.54) is 12.3 Å². The first-order chi connectivity index (χ1) is 16.6. The second-order valence-electron chi connectivity index (χ2n) is 9.12. The molecule has 8 heteroatoms. The number of hydrogen-bond donors (Lipinski definition) is 0. The molecular formula is C27H32FN3O3S. The van der Waals surface area contributed by atoms with Gasteiger partial charge in [0.25, 0.3) is 0 Å². The molecule has 0 aliphatic carbocycles. The van der Waals surface area contributed by atoms with Crippen molar-refractivity contribution in [3.8, 4) is 11.5 Å². The summed E-state index contributed by atoms with van der Waals surface area (Å²) in [4.78, 5) is 6.50. The fourth-order valence-electron chi connectivity index (χ4n) is 3.37. The quantitative estimate of drug-likeness (QED) is 0.354. The third-order valence-corrected chi connectivity index (χ3v) is 6.82. The van der Waals surface area contributed by atoms with E-state index in [-0.39, 0.29) is 0 Å². The number of methoxy groups -OCH3 is 2. The van der Waals surface area contributed by atoms with E-state index in [2.05, 4.69) is 14.3 Å². The van der Waals surface area contributed by atoms with Crippen molar-refractivity contribution in [1.29, 1.82) is 0 Å². The van der Waals surface area contributed by atoms with E-state index in [1.807, 2.05) is 69.3 Å². The Hall–Kier alpha value is -3.26. The summed E-state index contributed by atoms with van der Waals surface area (Å²) in [7, 11) is 1.77. The van der Waals surface area contributed by atoms with Crippen LogP contribution >= 0.6 is 0 Å². The van der Waals surface area contributed by atoms with Gasteiger partial charge in [0.2, 0.25) is 0 Å². The Balaban J connectivity index is 2.05. The summed E-state index contributed by atoms with van der Waals surface area (Å²) >= 11 is 0. The van der Waals surface area contributed by atoms with Crippen molar-refractivity contribution < 1.29 is 18.1 Å². The molecule has 0 aliphatic rings. The molecule has 0 saturated carbocycles. The van der Waals surface area contributed by atoms with Gasteiger partial charge in [-0.3, -0.25) is 0 Å². The van der Waals surface area contributed by atoms with Gasteiger partial charge < -0.3 is 14.4 Å². The molecule has 3 aromatic rings. The molecule has 1 atom stereocenters. The molecule has 0 saturated heterocycles. The smallest absolute Gasteiger partial charge is 0.145 e. The maximum atomic E-state index is 14.3. The number of benzene rings is 2. The fraction of sp³-hybridized carbons (Fsp3) is 0.333. The van der Waals surface area contributed by atoms with Crippen LogP contribution in [0.3, 0.4) is 0 Å². The predicted molar refractivity (Wildman–Crippen MR) is 140 cm³/mol. The van der Waals surface area contributed by atoms with Crippen LogP contribution in [-0.4, -0.2) is 33.9 Å². The number of hydrogen-bond acceptors (Lipinski definition) is 5. The van der Waals surface area contributed by atoms with Crippen molar-refractivity contribution in [1.82, 2.24) is 4.98 Å². The molecule has 0 fully saturated rings. The van der Waals surface area contributed by atoms with E-state index in [1.54, 1.807) is 21.1 Å². The van der Waals surface area contributed by atoms with Gasteiger partial charge in [0.15, 0.2) is 0 Å². The molecule has 3 rings (SSSR count). The minimum absolute atomic E-state index is 0.467. The van der Waals surface area contributed by atoms with Gasteiger partial charge >= 0.3 is 0 Å². The third kappa shape index (κ3) is 7.11. The molecule has 186 valence electrons. The van der Waals surface area contributed by atoms with E-state index in [0.717, 1.165) is 22.6 Å². The first-order valence-corrected chi connectivity index (χ1v) is 12.4. The monoisotopic (exact) mass is 497 g/mol. The average Bonchev–Trinajstić information content (AvgIpc) is 2.84. The van der Waals surface area contributed by atoms with Crippen molar-refractivity contribution >= 4 is 22.5 Å². The minimum Gasteiger partial charge on any atom is -0.497 e. The van der Waals surface area contributed by atoms with Gasteiger partial charge in [0, 0.05) is 18.7 Å². The number of halogens is 1. The molecule has 1 aromatic heterocycles. The molecule has 6 nitrogen and oxygen atoms in total. The lowest BCUT2D eigenvalue weighted by atomic mass is 10.1. The van der Waals surface area contributed by atoms with E-state index < -0.39 is 21.5 Å². The summed E-state index contributed by atoms with van der Waals surface area (Å²) in [5.74, 6) is 1.62. The number of pyridine rings is 1. The summed E-state index contributed by atoms with van der Waals surface area (Å²) in [6.45, 7) is 8.32. The van der Waals surface area contributed by atoms with Gasteiger partial charge in [0.05, 0.1) is 30.9 Å². The summed E-state index contributed by atoms with van der Waals surface area (Å²) in [5.41, 5.74) is 3.04. The van der Waals surface area contributed by atoms with Crippen LogP contribution in [-0.2, 0) is 24.1 Å². The second-order valence-corrected chi connectivity index (χ2v) is 11.0. The highest BCUT2D eigenvalue weighted by atomic mass is 32.2. The fourth-order valence-corrected chi connectivity index (χ4v) is 3.99. The minimum atomic E-state index is -1.49. The molecule has 0 N–H and O–H groups in total. The highest BCUT2D eigenvalue weighted by Crippen LogP contribution is 2.26. The molecule has 0 unspecified atom stereocenters. The van der Waals surface area contributed by atoms with Crippen LogP contribution < -0.4 is 14.4 Å². The van der Waals surface area contributed by atoms with Gasteiger partial charge in [-0.25, -0.2) is 13.6 Å². The molecule has 0 spiro atoms.